The van der Waals surface area contributed by atoms with E-state index < -0.39 is 27.8 Å². The van der Waals surface area contributed by atoms with Gasteiger partial charge in [-0.2, -0.15) is 0 Å². The van der Waals surface area contributed by atoms with E-state index in [9.17, 15) is 24.5 Å². The summed E-state index contributed by atoms with van der Waals surface area (Å²) in [5.41, 5.74) is -1.30. The molecule has 1 aromatic carbocycles. The van der Waals surface area contributed by atoms with Crippen LogP contribution in [0.15, 0.2) is 27.9 Å². The van der Waals surface area contributed by atoms with Crippen molar-refractivity contribution < 1.29 is 19.2 Å². The number of nitro groups is 1. The van der Waals surface area contributed by atoms with E-state index in [4.69, 9.17) is 9.47 Å². The van der Waals surface area contributed by atoms with Crippen LogP contribution in [0.3, 0.4) is 0 Å². The number of methoxy groups -OCH3 is 2. The number of fused-ring (bicyclic) bond motifs is 1. The molecule has 3 aromatic rings. The lowest BCUT2D eigenvalue weighted by atomic mass is 10.1. The highest BCUT2D eigenvalue weighted by molar-refractivity contribution is 6.11. The number of carbonyl (C=O) groups excluding carboxylic acids is 1. The van der Waals surface area contributed by atoms with Gasteiger partial charge in [-0.25, -0.2) is 9.78 Å². The fourth-order valence-corrected chi connectivity index (χ4v) is 3.36. The van der Waals surface area contributed by atoms with Gasteiger partial charge in [0.25, 0.3) is 17.2 Å². The standard InChI is InChI=1S/C20H21N5O7/c1-6-10-9-21-17-15(19(27)24(3)20(28)23(17)2)16(10)22-18(26)11-7-13(31-4)14(32-5)8-12(11)25(29)30/h7-9H,6H2,1-5H3,(H,21,22,26). The molecule has 0 atom stereocenters. The minimum absolute atomic E-state index is 0.0189. The molecular weight excluding hydrogens is 422 g/mol. The molecule has 168 valence electrons. The van der Waals surface area contributed by atoms with E-state index in [1.54, 1.807) is 6.92 Å². The number of aromatic nitrogens is 3. The van der Waals surface area contributed by atoms with Crippen LogP contribution < -0.4 is 26.0 Å². The van der Waals surface area contributed by atoms with Gasteiger partial charge in [-0.1, -0.05) is 6.92 Å². The molecule has 2 aromatic heterocycles. The summed E-state index contributed by atoms with van der Waals surface area (Å²) in [6, 6.07) is 2.27. The van der Waals surface area contributed by atoms with Crippen molar-refractivity contribution in [1.29, 1.82) is 0 Å². The number of hydrogen-bond acceptors (Lipinski definition) is 8. The number of hydrogen-bond donors (Lipinski definition) is 1. The van der Waals surface area contributed by atoms with Gasteiger partial charge in [0.05, 0.1) is 30.9 Å². The molecule has 0 fully saturated rings. The maximum Gasteiger partial charge on any atom is 0.332 e. The minimum atomic E-state index is -0.837. The number of aryl methyl sites for hydroxylation is 2. The van der Waals surface area contributed by atoms with Crippen LogP contribution in [0, 0.1) is 10.1 Å². The van der Waals surface area contributed by atoms with Gasteiger partial charge in [-0.3, -0.25) is 28.8 Å². The molecule has 12 nitrogen and oxygen atoms in total. The number of pyridine rings is 1. The van der Waals surface area contributed by atoms with Crippen LogP contribution in [-0.4, -0.2) is 39.2 Å². The molecule has 0 saturated heterocycles. The lowest BCUT2D eigenvalue weighted by Crippen LogP contribution is -2.38. The van der Waals surface area contributed by atoms with Gasteiger partial charge in [0.1, 0.15) is 10.9 Å². The van der Waals surface area contributed by atoms with Crippen molar-refractivity contribution >= 4 is 28.3 Å². The zero-order valence-electron chi connectivity index (χ0n) is 18.1. The Bertz CT molecular complexity index is 1370. The Hall–Kier alpha value is -4.22. The molecule has 3 rings (SSSR count). The quantitative estimate of drug-likeness (QED) is 0.444. The van der Waals surface area contributed by atoms with Gasteiger partial charge in [-0.15, -0.1) is 0 Å². The summed E-state index contributed by atoms with van der Waals surface area (Å²) >= 11 is 0. The Labute approximate surface area is 181 Å². The molecule has 2 heterocycles. The minimum Gasteiger partial charge on any atom is -0.493 e. The Kier molecular flexibility index (Phi) is 5.96. The van der Waals surface area contributed by atoms with Gasteiger partial charge in [0.15, 0.2) is 17.1 Å². The average molecular weight is 443 g/mol. The highest BCUT2D eigenvalue weighted by Gasteiger charge is 2.26. The number of ether oxygens (including phenoxy) is 2. The number of rotatable bonds is 6. The van der Waals surface area contributed by atoms with Crippen LogP contribution in [-0.2, 0) is 20.5 Å². The molecule has 12 heteroatoms. The fraction of sp³-hybridized carbons (Fsp3) is 0.300. The highest BCUT2D eigenvalue weighted by Crippen LogP contribution is 2.35. The van der Waals surface area contributed by atoms with Crippen LogP contribution in [0.25, 0.3) is 11.0 Å². The molecule has 0 aliphatic carbocycles. The van der Waals surface area contributed by atoms with Crippen molar-refractivity contribution in [3.63, 3.8) is 0 Å². The predicted octanol–water partition coefficient (Wildman–Crippen LogP) is 1.37. The van der Waals surface area contributed by atoms with Gasteiger partial charge >= 0.3 is 5.69 Å². The highest BCUT2D eigenvalue weighted by atomic mass is 16.6. The summed E-state index contributed by atoms with van der Waals surface area (Å²) in [5, 5.41) is 14.2. The smallest absolute Gasteiger partial charge is 0.332 e. The molecule has 0 aliphatic rings. The van der Waals surface area contributed by atoms with E-state index in [1.165, 1.54) is 45.1 Å². The molecule has 1 amide bonds. The van der Waals surface area contributed by atoms with Crippen LogP contribution in [0.4, 0.5) is 11.4 Å². The second kappa shape index (κ2) is 8.49. The first-order chi connectivity index (χ1) is 15.2. The van der Waals surface area contributed by atoms with Crippen LogP contribution >= 0.6 is 0 Å². The summed E-state index contributed by atoms with van der Waals surface area (Å²) in [7, 11) is 5.42. The van der Waals surface area contributed by atoms with E-state index in [0.717, 1.165) is 10.6 Å². The van der Waals surface area contributed by atoms with Crippen molar-refractivity contribution in [2.75, 3.05) is 19.5 Å². The SMILES string of the molecule is CCc1cnc2c(c1NC(=O)c1cc(OC)c(OC)cc1[N+](=O)[O-])c(=O)n(C)c(=O)n2C. The molecular formula is C20H21N5O7. The second-order valence-corrected chi connectivity index (χ2v) is 6.85. The largest absolute Gasteiger partial charge is 0.493 e. The molecule has 0 spiro atoms. The van der Waals surface area contributed by atoms with E-state index in [2.05, 4.69) is 10.3 Å². The molecule has 0 radical (unpaired) electrons. The van der Waals surface area contributed by atoms with Crippen molar-refractivity contribution in [2.24, 2.45) is 14.1 Å². The monoisotopic (exact) mass is 443 g/mol. The number of carbonyl (C=O) groups is 1. The first-order valence-electron chi connectivity index (χ1n) is 9.45. The Morgan fingerprint density at radius 2 is 1.78 bits per heavy atom. The van der Waals surface area contributed by atoms with Crippen LogP contribution in [0.5, 0.6) is 11.5 Å². The summed E-state index contributed by atoms with van der Waals surface area (Å²) in [6.45, 7) is 1.80. The van der Waals surface area contributed by atoms with E-state index >= 15 is 0 Å². The molecule has 32 heavy (non-hydrogen) atoms. The van der Waals surface area contributed by atoms with Gasteiger partial charge in [0, 0.05) is 26.4 Å². The van der Waals surface area contributed by atoms with Gasteiger partial charge in [0.2, 0.25) is 0 Å². The summed E-state index contributed by atoms with van der Waals surface area (Å²) in [5.74, 6) is -0.629. The number of benzene rings is 1. The van der Waals surface area contributed by atoms with E-state index in [1.807, 2.05) is 0 Å². The number of nitrogens with one attached hydrogen (secondary N) is 1. The average Bonchev–Trinajstić information content (AvgIpc) is 2.79. The third-order valence-electron chi connectivity index (χ3n) is 5.11. The van der Waals surface area contributed by atoms with E-state index in [0.29, 0.717) is 12.0 Å². The van der Waals surface area contributed by atoms with Gasteiger partial charge < -0.3 is 14.8 Å². The fourth-order valence-electron chi connectivity index (χ4n) is 3.36. The summed E-state index contributed by atoms with van der Waals surface area (Å²) < 4.78 is 12.3. The zero-order valence-corrected chi connectivity index (χ0v) is 18.1. The lowest BCUT2D eigenvalue weighted by molar-refractivity contribution is -0.385. The number of nitrogens with zero attached hydrogens (tertiary/aromatic N) is 4. The Morgan fingerprint density at radius 3 is 2.34 bits per heavy atom. The molecule has 0 bridgehead atoms. The van der Waals surface area contributed by atoms with Crippen LogP contribution in [0.2, 0.25) is 0 Å². The topological polar surface area (TPSA) is 148 Å². The normalized spacial score (nSPS) is 10.8. The Balaban J connectivity index is 2.27. The van der Waals surface area contributed by atoms with E-state index in [-0.39, 0.29) is 33.8 Å². The molecule has 0 saturated carbocycles. The van der Waals surface area contributed by atoms with Crippen molar-refractivity contribution in [2.45, 2.75) is 13.3 Å². The van der Waals surface area contributed by atoms with Crippen molar-refractivity contribution in [1.82, 2.24) is 14.1 Å². The first kappa shape index (κ1) is 22.5. The number of amides is 1. The third-order valence-corrected chi connectivity index (χ3v) is 5.11. The summed E-state index contributed by atoms with van der Waals surface area (Å²) in [4.78, 5) is 53.4. The molecule has 1 N–H and O–H groups in total. The predicted molar refractivity (Wildman–Crippen MR) is 116 cm³/mol. The maximum absolute atomic E-state index is 13.2. The summed E-state index contributed by atoms with van der Waals surface area (Å²) in [6.07, 6.45) is 1.85. The molecule has 0 aliphatic heterocycles. The van der Waals surface area contributed by atoms with Gasteiger partial charge in [-0.05, 0) is 12.0 Å². The first-order valence-corrected chi connectivity index (χ1v) is 9.45. The molecule has 0 unspecified atom stereocenters. The van der Waals surface area contributed by atoms with Crippen LogP contribution in [0.1, 0.15) is 22.8 Å². The Morgan fingerprint density at radius 1 is 1.16 bits per heavy atom. The number of anilines is 1. The lowest BCUT2D eigenvalue weighted by Gasteiger charge is -2.15. The van der Waals surface area contributed by atoms with Crippen molar-refractivity contribution in [3.05, 3.63) is 60.4 Å². The van der Waals surface area contributed by atoms with Crippen molar-refractivity contribution in [3.8, 4) is 11.5 Å². The third kappa shape index (κ3) is 3.55. The zero-order chi connectivity index (χ0) is 23.7. The maximum atomic E-state index is 13.2. The second-order valence-electron chi connectivity index (χ2n) is 6.85. The number of nitro benzene ring substituents is 1.